The normalized spacial score (nSPS) is 15.1. The van der Waals surface area contributed by atoms with Crippen molar-refractivity contribution in [2.75, 3.05) is 30.7 Å². The fourth-order valence-corrected chi connectivity index (χ4v) is 2.22. The second-order valence-corrected chi connectivity index (χ2v) is 4.50. The third-order valence-electron chi connectivity index (χ3n) is 3.19. The molecular formula is C11H15N7O. The van der Waals surface area contributed by atoms with E-state index in [1.165, 1.54) is 0 Å². The minimum Gasteiger partial charge on any atom is -0.368 e. The van der Waals surface area contributed by atoms with Crippen LogP contribution in [-0.4, -0.2) is 50.6 Å². The number of nitrogen functional groups attached to an aromatic ring is 1. The molecule has 100 valence electrons. The van der Waals surface area contributed by atoms with Crippen LogP contribution in [0.1, 0.15) is 12.8 Å². The summed E-state index contributed by atoms with van der Waals surface area (Å²) < 4.78 is 0. The monoisotopic (exact) mass is 261 g/mol. The summed E-state index contributed by atoms with van der Waals surface area (Å²) in [6, 6.07) is 0. The molecule has 3 rings (SSSR count). The first-order valence-electron chi connectivity index (χ1n) is 6.22. The van der Waals surface area contributed by atoms with E-state index in [4.69, 9.17) is 5.73 Å². The molecule has 0 bridgehead atoms. The molecule has 2 aromatic rings. The van der Waals surface area contributed by atoms with Crippen LogP contribution < -0.4 is 11.1 Å². The summed E-state index contributed by atoms with van der Waals surface area (Å²) in [5.41, 5.74) is 6.17. The maximum atomic E-state index is 11.9. The van der Waals surface area contributed by atoms with Crippen molar-refractivity contribution in [2.45, 2.75) is 12.8 Å². The van der Waals surface area contributed by atoms with Gasteiger partial charge in [0.15, 0.2) is 5.65 Å². The Morgan fingerprint density at radius 1 is 1.42 bits per heavy atom. The molecule has 0 aromatic carbocycles. The number of hydrogen-bond donors (Lipinski definition) is 3. The van der Waals surface area contributed by atoms with Crippen molar-refractivity contribution in [3.05, 3.63) is 6.20 Å². The molecule has 1 aliphatic rings. The Hall–Kier alpha value is -2.38. The van der Waals surface area contributed by atoms with Gasteiger partial charge in [-0.1, -0.05) is 0 Å². The van der Waals surface area contributed by atoms with E-state index in [2.05, 4.69) is 25.5 Å². The zero-order valence-corrected chi connectivity index (χ0v) is 10.4. The van der Waals surface area contributed by atoms with Crippen LogP contribution in [0.3, 0.4) is 0 Å². The molecular weight excluding hydrogens is 246 g/mol. The fourth-order valence-electron chi connectivity index (χ4n) is 2.22. The standard InChI is InChI=1S/C11H15N7O/c12-11-15-9(7-5-14-17-10(7)16-11)13-6-8(19)18-3-1-2-4-18/h5H,1-4,6H2,(H4,12,13,14,15,16,17). The number of fused-ring (bicyclic) bond motifs is 1. The smallest absolute Gasteiger partial charge is 0.241 e. The Labute approximate surface area is 109 Å². The van der Waals surface area contributed by atoms with E-state index in [-0.39, 0.29) is 18.4 Å². The van der Waals surface area contributed by atoms with Crippen LogP contribution in [0.15, 0.2) is 6.20 Å². The van der Waals surface area contributed by atoms with Crippen LogP contribution >= 0.6 is 0 Å². The first-order chi connectivity index (χ1) is 9.24. The van der Waals surface area contributed by atoms with Crippen LogP contribution in [0, 0.1) is 0 Å². The lowest BCUT2D eigenvalue weighted by molar-refractivity contribution is -0.128. The molecule has 2 aromatic heterocycles. The second-order valence-electron chi connectivity index (χ2n) is 4.50. The van der Waals surface area contributed by atoms with E-state index in [9.17, 15) is 4.79 Å². The van der Waals surface area contributed by atoms with Gasteiger partial charge in [0.05, 0.1) is 18.1 Å². The molecule has 0 atom stereocenters. The summed E-state index contributed by atoms with van der Waals surface area (Å²) >= 11 is 0. The van der Waals surface area contributed by atoms with Crippen LogP contribution in [0.4, 0.5) is 11.8 Å². The van der Waals surface area contributed by atoms with Crippen molar-refractivity contribution in [1.29, 1.82) is 0 Å². The van der Waals surface area contributed by atoms with Gasteiger partial charge in [0.25, 0.3) is 0 Å². The molecule has 0 saturated carbocycles. The molecule has 0 radical (unpaired) electrons. The number of anilines is 2. The molecule has 1 saturated heterocycles. The maximum Gasteiger partial charge on any atom is 0.241 e. The van der Waals surface area contributed by atoms with E-state index < -0.39 is 0 Å². The second kappa shape index (κ2) is 4.71. The van der Waals surface area contributed by atoms with Crippen LogP contribution in [0.25, 0.3) is 11.0 Å². The quantitative estimate of drug-likeness (QED) is 0.715. The van der Waals surface area contributed by atoms with E-state index in [0.717, 1.165) is 31.3 Å². The van der Waals surface area contributed by atoms with Crippen LogP contribution in [0.2, 0.25) is 0 Å². The lowest BCUT2D eigenvalue weighted by Gasteiger charge is -2.15. The largest absolute Gasteiger partial charge is 0.368 e. The number of carbonyl (C=O) groups excluding carboxylic acids is 1. The van der Waals surface area contributed by atoms with Gasteiger partial charge in [-0.15, -0.1) is 0 Å². The van der Waals surface area contributed by atoms with Crippen molar-refractivity contribution in [1.82, 2.24) is 25.1 Å². The van der Waals surface area contributed by atoms with E-state index in [0.29, 0.717) is 11.5 Å². The number of hydrogen-bond acceptors (Lipinski definition) is 6. The predicted molar refractivity (Wildman–Crippen MR) is 70.4 cm³/mol. The summed E-state index contributed by atoms with van der Waals surface area (Å²) in [7, 11) is 0. The third-order valence-corrected chi connectivity index (χ3v) is 3.19. The molecule has 19 heavy (non-hydrogen) atoms. The summed E-state index contributed by atoms with van der Waals surface area (Å²) in [4.78, 5) is 21.9. The number of nitrogens with zero attached hydrogens (tertiary/aromatic N) is 4. The highest BCUT2D eigenvalue weighted by molar-refractivity contribution is 5.89. The number of H-pyrrole nitrogens is 1. The van der Waals surface area contributed by atoms with Crippen molar-refractivity contribution < 1.29 is 4.79 Å². The lowest BCUT2D eigenvalue weighted by Crippen LogP contribution is -2.33. The van der Waals surface area contributed by atoms with Gasteiger partial charge in [0.2, 0.25) is 11.9 Å². The van der Waals surface area contributed by atoms with Gasteiger partial charge < -0.3 is 16.0 Å². The van der Waals surface area contributed by atoms with Crippen LogP contribution in [-0.2, 0) is 4.79 Å². The molecule has 1 fully saturated rings. The number of amides is 1. The highest BCUT2D eigenvalue weighted by Gasteiger charge is 2.18. The van der Waals surface area contributed by atoms with Crippen molar-refractivity contribution >= 4 is 28.7 Å². The van der Waals surface area contributed by atoms with Crippen molar-refractivity contribution in [3.63, 3.8) is 0 Å². The van der Waals surface area contributed by atoms with Gasteiger partial charge >= 0.3 is 0 Å². The zero-order valence-electron chi connectivity index (χ0n) is 10.4. The molecule has 3 heterocycles. The number of carbonyl (C=O) groups is 1. The van der Waals surface area contributed by atoms with Crippen LogP contribution in [0.5, 0.6) is 0 Å². The molecule has 0 aliphatic carbocycles. The van der Waals surface area contributed by atoms with Gasteiger partial charge in [0, 0.05) is 13.1 Å². The Morgan fingerprint density at radius 2 is 2.21 bits per heavy atom. The summed E-state index contributed by atoms with van der Waals surface area (Å²) in [6.45, 7) is 1.89. The SMILES string of the molecule is Nc1nc(NCC(=O)N2CCCC2)c2cn[nH]c2n1. The number of aromatic amines is 1. The lowest BCUT2D eigenvalue weighted by atomic mass is 10.4. The average molecular weight is 261 g/mol. The Kier molecular flexibility index (Phi) is 2.90. The van der Waals surface area contributed by atoms with Crippen molar-refractivity contribution in [3.8, 4) is 0 Å². The highest BCUT2D eigenvalue weighted by Crippen LogP contribution is 2.18. The molecule has 0 spiro atoms. The first-order valence-corrected chi connectivity index (χ1v) is 6.22. The van der Waals surface area contributed by atoms with E-state index in [1.54, 1.807) is 6.20 Å². The highest BCUT2D eigenvalue weighted by atomic mass is 16.2. The Bertz CT molecular complexity index is 602. The third kappa shape index (κ3) is 2.28. The predicted octanol–water partition coefficient (Wildman–Crippen LogP) is -0.0306. The summed E-state index contributed by atoms with van der Waals surface area (Å²) in [5, 5.41) is 10.4. The number of rotatable bonds is 3. The minimum atomic E-state index is 0.0753. The average Bonchev–Trinajstić information content (AvgIpc) is 3.05. The number of likely N-dealkylation sites (tertiary alicyclic amines) is 1. The summed E-state index contributed by atoms with van der Waals surface area (Å²) in [5.74, 6) is 0.753. The zero-order chi connectivity index (χ0) is 13.2. The Morgan fingerprint density at radius 3 is 3.00 bits per heavy atom. The number of nitrogens with two attached hydrogens (primary N) is 1. The molecule has 8 heteroatoms. The molecule has 0 unspecified atom stereocenters. The number of nitrogens with one attached hydrogen (secondary N) is 2. The minimum absolute atomic E-state index is 0.0753. The number of aromatic nitrogens is 4. The molecule has 8 nitrogen and oxygen atoms in total. The maximum absolute atomic E-state index is 11.9. The molecule has 4 N–H and O–H groups in total. The van der Waals surface area contributed by atoms with Gasteiger partial charge in [-0.05, 0) is 12.8 Å². The first kappa shape index (κ1) is 11.7. The molecule has 1 aliphatic heterocycles. The fraction of sp³-hybridized carbons (Fsp3) is 0.455. The van der Waals surface area contributed by atoms with Crippen molar-refractivity contribution in [2.24, 2.45) is 0 Å². The van der Waals surface area contributed by atoms with Gasteiger partial charge in [-0.3, -0.25) is 9.89 Å². The summed E-state index contributed by atoms with van der Waals surface area (Å²) in [6.07, 6.45) is 3.77. The molecule has 1 amide bonds. The van der Waals surface area contributed by atoms with E-state index >= 15 is 0 Å². The van der Waals surface area contributed by atoms with Gasteiger partial charge in [0.1, 0.15) is 5.82 Å². The Balaban J connectivity index is 1.74. The topological polar surface area (TPSA) is 113 Å². The van der Waals surface area contributed by atoms with Gasteiger partial charge in [-0.25, -0.2) is 0 Å². The van der Waals surface area contributed by atoms with Gasteiger partial charge in [-0.2, -0.15) is 15.1 Å². The van der Waals surface area contributed by atoms with E-state index in [1.807, 2.05) is 4.90 Å².